The number of nitrogens with zero attached hydrogens (tertiary/aromatic N) is 3. The summed E-state index contributed by atoms with van der Waals surface area (Å²) in [7, 11) is 1.59. The molecule has 0 saturated carbocycles. The van der Waals surface area contributed by atoms with Gasteiger partial charge in [-0.25, -0.2) is 4.98 Å². The number of hydrogen-bond donors (Lipinski definition) is 0. The van der Waals surface area contributed by atoms with E-state index in [1.54, 1.807) is 19.4 Å². The minimum Gasteiger partial charge on any atom is -0.494 e. The lowest BCUT2D eigenvalue weighted by Gasteiger charge is -2.18. The molecule has 1 heterocycles. The molecule has 0 aliphatic rings. The molecule has 8 heteroatoms. The van der Waals surface area contributed by atoms with Gasteiger partial charge in [0.2, 0.25) is 0 Å². The van der Waals surface area contributed by atoms with Crippen molar-refractivity contribution in [3.63, 3.8) is 0 Å². The van der Waals surface area contributed by atoms with Crippen LogP contribution in [-0.4, -0.2) is 35.7 Å². The molecule has 0 unspecified atom stereocenters. The summed E-state index contributed by atoms with van der Waals surface area (Å²) in [6.07, 6.45) is 1.61. The van der Waals surface area contributed by atoms with Crippen LogP contribution in [0.3, 0.4) is 0 Å². The Labute approximate surface area is 237 Å². The fraction of sp³-hybridized carbons (Fsp3) is 0.323. The normalized spacial score (nSPS) is 11.6. The molecule has 0 fully saturated rings. The van der Waals surface area contributed by atoms with Gasteiger partial charge in [-0.2, -0.15) is 9.78 Å². The zero-order valence-corrected chi connectivity index (χ0v) is 25.0. The van der Waals surface area contributed by atoms with E-state index in [2.05, 4.69) is 40.9 Å². The zero-order chi connectivity index (χ0) is 28.3. The predicted molar refractivity (Wildman–Crippen MR) is 161 cm³/mol. The molecule has 204 valence electrons. The van der Waals surface area contributed by atoms with E-state index < -0.39 is 0 Å². The van der Waals surface area contributed by atoms with Gasteiger partial charge in [0.1, 0.15) is 5.75 Å². The van der Waals surface area contributed by atoms with Crippen LogP contribution in [0.5, 0.6) is 17.2 Å². The summed E-state index contributed by atoms with van der Waals surface area (Å²) in [5.74, 6) is 2.69. The van der Waals surface area contributed by atoms with Crippen LogP contribution < -0.4 is 19.8 Å². The van der Waals surface area contributed by atoms with Crippen molar-refractivity contribution >= 4 is 33.0 Å². The monoisotopic (exact) mass is 591 g/mol. The molecule has 0 aliphatic carbocycles. The third-order valence-electron chi connectivity index (χ3n) is 6.20. The van der Waals surface area contributed by atoms with Crippen molar-refractivity contribution in [2.45, 2.75) is 53.6 Å². The molecule has 0 aliphatic heterocycles. The van der Waals surface area contributed by atoms with Crippen molar-refractivity contribution in [3.05, 3.63) is 80.0 Å². The summed E-state index contributed by atoms with van der Waals surface area (Å²) in [6, 6.07) is 15.1. The first-order valence-corrected chi connectivity index (χ1v) is 13.8. The smallest absolute Gasteiger partial charge is 0.282 e. The zero-order valence-electron chi connectivity index (χ0n) is 23.4. The topological polar surface area (TPSA) is 74.9 Å². The van der Waals surface area contributed by atoms with E-state index in [4.69, 9.17) is 19.2 Å². The molecule has 7 nitrogen and oxygen atoms in total. The summed E-state index contributed by atoms with van der Waals surface area (Å²) in [4.78, 5) is 18.6. The Morgan fingerprint density at radius 3 is 2.49 bits per heavy atom. The molecule has 0 N–H and O–H groups in total. The van der Waals surface area contributed by atoms with E-state index in [0.717, 1.165) is 32.5 Å². The SMILES string of the molecule is CCOc1cc(C)c(-c2nc3ccccc3c(=O)n2N=Cc2cc(Br)c(OC(C)C)c(OC)c2)cc1C(C)C. The Hall–Kier alpha value is -3.65. The Bertz CT molecular complexity index is 1590. The number of aryl methyl sites for hydroxylation is 1. The Morgan fingerprint density at radius 1 is 1.08 bits per heavy atom. The minimum atomic E-state index is -0.253. The first-order valence-electron chi connectivity index (χ1n) is 13.0. The van der Waals surface area contributed by atoms with Crippen molar-refractivity contribution in [3.8, 4) is 28.6 Å². The lowest BCUT2D eigenvalue weighted by atomic mass is 9.96. The average Bonchev–Trinajstić information content (AvgIpc) is 2.89. The van der Waals surface area contributed by atoms with Crippen LogP contribution in [0.15, 0.2) is 62.9 Å². The van der Waals surface area contributed by atoms with Gasteiger partial charge in [0.15, 0.2) is 17.3 Å². The van der Waals surface area contributed by atoms with Crippen molar-refractivity contribution in [2.75, 3.05) is 13.7 Å². The molecule has 3 aromatic carbocycles. The van der Waals surface area contributed by atoms with Gasteiger partial charge in [0, 0.05) is 5.56 Å². The van der Waals surface area contributed by atoms with Crippen molar-refractivity contribution in [1.82, 2.24) is 9.66 Å². The van der Waals surface area contributed by atoms with E-state index in [1.807, 2.05) is 64.1 Å². The molecule has 0 spiro atoms. The number of halogens is 1. The van der Waals surface area contributed by atoms with Crippen molar-refractivity contribution < 1.29 is 14.2 Å². The van der Waals surface area contributed by atoms with Crippen LogP contribution in [0.1, 0.15) is 57.2 Å². The third kappa shape index (κ3) is 6.01. The standard InChI is InChI=1S/C31H34BrN3O4/c1-8-38-27-13-20(6)24(16-23(27)18(2)3)30-34-26-12-10-9-11-22(26)31(36)35(30)33-17-21-14-25(32)29(39-19(4)5)28(15-21)37-7/h9-19H,8H2,1-7H3. The second kappa shape index (κ2) is 12.0. The highest BCUT2D eigenvalue weighted by Crippen LogP contribution is 2.37. The van der Waals surface area contributed by atoms with E-state index in [-0.39, 0.29) is 17.6 Å². The van der Waals surface area contributed by atoms with Crippen LogP contribution >= 0.6 is 15.9 Å². The molecule has 0 saturated heterocycles. The summed E-state index contributed by atoms with van der Waals surface area (Å²) in [5, 5.41) is 5.14. The maximum absolute atomic E-state index is 13.7. The summed E-state index contributed by atoms with van der Waals surface area (Å²) >= 11 is 3.58. The van der Waals surface area contributed by atoms with Crippen LogP contribution in [0.4, 0.5) is 0 Å². The Morgan fingerprint density at radius 2 is 1.82 bits per heavy atom. The summed E-state index contributed by atoms with van der Waals surface area (Å²) < 4.78 is 19.5. The molecule has 39 heavy (non-hydrogen) atoms. The molecule has 1 aromatic heterocycles. The largest absolute Gasteiger partial charge is 0.494 e. The van der Waals surface area contributed by atoms with Gasteiger partial charge < -0.3 is 14.2 Å². The fourth-order valence-electron chi connectivity index (χ4n) is 4.36. The van der Waals surface area contributed by atoms with Crippen LogP contribution in [-0.2, 0) is 0 Å². The van der Waals surface area contributed by atoms with Crippen molar-refractivity contribution in [1.29, 1.82) is 0 Å². The van der Waals surface area contributed by atoms with Gasteiger partial charge in [-0.15, -0.1) is 0 Å². The van der Waals surface area contributed by atoms with Crippen molar-refractivity contribution in [2.24, 2.45) is 5.10 Å². The van der Waals surface area contributed by atoms with Gasteiger partial charge in [-0.05, 0) is 103 Å². The molecule has 0 amide bonds. The highest BCUT2D eigenvalue weighted by Gasteiger charge is 2.19. The average molecular weight is 593 g/mol. The number of fused-ring (bicyclic) bond motifs is 1. The third-order valence-corrected chi connectivity index (χ3v) is 6.79. The van der Waals surface area contributed by atoms with E-state index >= 15 is 0 Å². The maximum atomic E-state index is 13.7. The first-order chi connectivity index (χ1) is 18.6. The molecule has 4 aromatic rings. The van der Waals surface area contributed by atoms with E-state index in [0.29, 0.717) is 34.8 Å². The number of aromatic nitrogens is 2. The van der Waals surface area contributed by atoms with E-state index in [9.17, 15) is 4.79 Å². The molecule has 0 atom stereocenters. The molecular formula is C31H34BrN3O4. The Balaban J connectivity index is 1.93. The van der Waals surface area contributed by atoms with E-state index in [1.165, 1.54) is 4.68 Å². The summed E-state index contributed by atoms with van der Waals surface area (Å²) in [5.41, 5.74) is 3.90. The second-order valence-electron chi connectivity index (χ2n) is 9.81. The highest BCUT2D eigenvalue weighted by atomic mass is 79.9. The van der Waals surface area contributed by atoms with Gasteiger partial charge >= 0.3 is 0 Å². The van der Waals surface area contributed by atoms with Gasteiger partial charge in [-0.3, -0.25) is 4.79 Å². The lowest BCUT2D eigenvalue weighted by Crippen LogP contribution is -2.21. The Kier molecular flexibility index (Phi) is 8.75. The maximum Gasteiger partial charge on any atom is 0.282 e. The minimum absolute atomic E-state index is 0.0207. The van der Waals surface area contributed by atoms with Crippen LogP contribution in [0.25, 0.3) is 22.3 Å². The first kappa shape index (κ1) is 28.4. The van der Waals surface area contributed by atoms with Crippen LogP contribution in [0, 0.1) is 6.92 Å². The number of hydrogen-bond acceptors (Lipinski definition) is 6. The van der Waals surface area contributed by atoms with Gasteiger partial charge in [-0.1, -0.05) is 26.0 Å². The number of rotatable bonds is 9. The highest BCUT2D eigenvalue weighted by molar-refractivity contribution is 9.10. The predicted octanol–water partition coefficient (Wildman–Crippen LogP) is 7.33. The summed E-state index contributed by atoms with van der Waals surface area (Å²) in [6.45, 7) is 12.7. The fourth-order valence-corrected chi connectivity index (χ4v) is 4.92. The number of benzene rings is 3. The quantitative estimate of drug-likeness (QED) is 0.190. The molecule has 4 rings (SSSR count). The van der Waals surface area contributed by atoms with Crippen LogP contribution in [0.2, 0.25) is 0 Å². The van der Waals surface area contributed by atoms with Gasteiger partial charge in [0.05, 0.1) is 41.4 Å². The number of para-hydroxylation sites is 1. The number of ether oxygens (including phenoxy) is 3. The van der Waals surface area contributed by atoms with Gasteiger partial charge in [0.25, 0.3) is 5.56 Å². The second-order valence-corrected chi connectivity index (χ2v) is 10.7. The number of methoxy groups -OCH3 is 1. The molecule has 0 radical (unpaired) electrons. The lowest BCUT2D eigenvalue weighted by molar-refractivity contribution is 0.228. The molecular weight excluding hydrogens is 558 g/mol. The molecule has 0 bridgehead atoms.